The average molecular weight is 802 g/mol. The minimum Gasteiger partial charge on any atom is -0.425 e. The van der Waals surface area contributed by atoms with E-state index in [9.17, 15) is 121 Å². The molecular weight excluding hydrogens is 796 g/mol. The third-order valence-electron chi connectivity index (χ3n) is 4.83. The van der Waals surface area contributed by atoms with Gasteiger partial charge in [0.15, 0.2) is 20.0 Å². The first-order chi connectivity index (χ1) is 19.2. The maximum absolute atomic E-state index is 14.0. The zero-order valence-electron chi connectivity index (χ0n) is 20.3. The summed E-state index contributed by atoms with van der Waals surface area (Å²) in [6.45, 7) is -2.86. The van der Waals surface area contributed by atoms with Crippen LogP contribution in [0, 0.1) is 0 Å². The maximum Gasteiger partial charge on any atom is 0.443 e. The van der Waals surface area contributed by atoms with Crippen LogP contribution in [-0.4, -0.2) is 88.5 Å². The predicted octanol–water partition coefficient (Wildman–Crippen LogP) is 6.22. The Balaban J connectivity index is 7.07. The highest BCUT2D eigenvalue weighted by atomic mass is 32.3. The van der Waals surface area contributed by atoms with Gasteiger partial charge in [0.25, 0.3) is 5.85 Å². The van der Waals surface area contributed by atoms with Gasteiger partial charge in [-0.1, -0.05) is 3.89 Å². The molecule has 0 rings (SSSR count). The zero-order valence-corrected chi connectivity index (χ0v) is 22.8. The van der Waals surface area contributed by atoms with Gasteiger partial charge in [0.05, 0.1) is 0 Å². The van der Waals surface area contributed by atoms with Crippen LogP contribution in [0.1, 0.15) is 13.8 Å². The van der Waals surface area contributed by atoms with E-state index in [2.05, 4.69) is 0 Å². The summed E-state index contributed by atoms with van der Waals surface area (Å²) in [5.41, 5.74) is 0. The number of sulfonamides is 2. The topological polar surface area (TPSA) is 126 Å². The molecule has 0 aliphatic carbocycles. The lowest BCUT2D eigenvalue weighted by Gasteiger charge is -2.42. The second-order valence-electron chi connectivity index (χ2n) is 8.31. The molecule has 46 heavy (non-hydrogen) atoms. The lowest BCUT2D eigenvalue weighted by atomic mass is 9.99. The summed E-state index contributed by atoms with van der Waals surface area (Å²) in [5.74, 6) is -54.1. The second kappa shape index (κ2) is 10.9. The highest BCUT2D eigenvalue weighted by Gasteiger charge is 2.87. The largest absolute Gasteiger partial charge is 0.443 e. The van der Waals surface area contributed by atoms with Gasteiger partial charge in [0, 0.05) is 13.8 Å². The van der Waals surface area contributed by atoms with Gasteiger partial charge in [-0.05, 0) is 0 Å². The van der Waals surface area contributed by atoms with Crippen molar-refractivity contribution in [2.24, 2.45) is 0 Å². The maximum atomic E-state index is 14.0. The van der Waals surface area contributed by atoms with Crippen molar-refractivity contribution >= 4 is 30.3 Å². The summed E-state index contributed by atoms with van der Waals surface area (Å²) < 4.78 is 362. The molecule has 0 aliphatic rings. The molecule has 0 radical (unpaired) electrons. The van der Waals surface area contributed by atoms with Gasteiger partial charge in [-0.25, -0.2) is 21.2 Å². The molecule has 33 heteroatoms. The van der Waals surface area contributed by atoms with Gasteiger partial charge < -0.3 is 4.13 Å². The van der Waals surface area contributed by atoms with Crippen molar-refractivity contribution in [1.29, 1.82) is 0 Å². The van der Waals surface area contributed by atoms with Crippen molar-refractivity contribution in [3.05, 3.63) is 4.13 Å². The zero-order chi connectivity index (χ0) is 38.4. The van der Waals surface area contributed by atoms with E-state index in [1.807, 2.05) is 0 Å². The molecule has 278 valence electrons. The molecule has 0 N–H and O–H groups in total. The molecule has 0 bridgehead atoms. The molecule has 0 heterocycles. The highest BCUT2D eigenvalue weighted by Crippen LogP contribution is 2.60. The van der Waals surface area contributed by atoms with E-state index in [1.54, 1.807) is 4.74 Å². The quantitative estimate of drug-likeness (QED) is 0.142. The van der Waals surface area contributed by atoms with Crippen LogP contribution in [0.15, 0.2) is 0 Å². The van der Waals surface area contributed by atoms with Crippen LogP contribution in [0.5, 0.6) is 0 Å². The summed E-state index contributed by atoms with van der Waals surface area (Å²) in [6.07, 6.45) is -8.31. The Morgan fingerprint density at radius 2 is 0.739 bits per heavy atom. The van der Waals surface area contributed by atoms with Crippen LogP contribution >= 0.6 is 0 Å². The fourth-order valence-corrected chi connectivity index (χ4v) is 5.35. The summed E-state index contributed by atoms with van der Waals surface area (Å²) in [4.78, 5) is 0. The Morgan fingerprint density at radius 3 is 1.02 bits per heavy atom. The average Bonchev–Trinajstić information content (AvgIpc) is 2.74. The molecule has 0 saturated heterocycles. The number of hydrogen-bond donors (Lipinski definition) is 0. The first-order valence-corrected chi connectivity index (χ1v) is 13.8. The Morgan fingerprint density at radius 1 is 0.435 bits per heavy atom. The number of halogens is 22. The minimum absolute atomic E-state index is 0.181. The lowest BCUT2D eigenvalue weighted by molar-refractivity contribution is -0.482. The Bertz CT molecular complexity index is 1500. The highest BCUT2D eigenvalue weighted by molar-refractivity contribution is 8.13. The van der Waals surface area contributed by atoms with E-state index in [0.29, 0.717) is 0 Å². The second-order valence-corrected chi connectivity index (χ2v) is 13.2. The molecule has 0 amide bonds. The third kappa shape index (κ3) is 6.02. The fourth-order valence-electron chi connectivity index (χ4n) is 2.16. The molecule has 1 unspecified atom stereocenters. The molecule has 1 atom stereocenters. The molecule has 0 aromatic heterocycles. The normalized spacial score (nSPS) is 18.0. The molecule has 0 aromatic rings. The van der Waals surface area contributed by atoms with Gasteiger partial charge in [-0.2, -0.15) is 96.2 Å². The number of ether oxygens (including phenoxy) is 1. The summed E-state index contributed by atoms with van der Waals surface area (Å²) in [6, 6.07) is 0. The van der Waals surface area contributed by atoms with Crippen molar-refractivity contribution in [2.75, 3.05) is 0 Å². The molecule has 0 aromatic carbocycles. The first kappa shape index (κ1) is 44.2. The molecule has 0 saturated carbocycles. The molecule has 8 nitrogen and oxygen atoms in total. The van der Waals surface area contributed by atoms with Crippen LogP contribution in [0.3, 0.4) is 0 Å². The van der Waals surface area contributed by atoms with Gasteiger partial charge in [0.1, 0.15) is 0 Å². The number of hydrogen-bond acceptors (Lipinski definition) is 7. The smallest absolute Gasteiger partial charge is 0.425 e. The number of rotatable bonds is 15. The van der Waals surface area contributed by atoms with Crippen LogP contribution in [0.2, 0.25) is 0 Å². The molecule has 0 fully saturated rings. The number of nitrogens with zero attached hydrogens (tertiary/aromatic N) is 1. The van der Waals surface area contributed by atoms with Gasteiger partial charge >= 0.3 is 67.6 Å². The predicted molar refractivity (Wildman–Crippen MR) is 97.0 cm³/mol. The van der Waals surface area contributed by atoms with E-state index in [0.717, 1.165) is 0 Å². The van der Waals surface area contributed by atoms with E-state index < -0.39 is 107 Å². The summed E-state index contributed by atoms with van der Waals surface area (Å²) in [5, 5.41) is -25.1. The van der Waals surface area contributed by atoms with E-state index in [-0.39, 0.29) is 4.13 Å². The van der Waals surface area contributed by atoms with Crippen molar-refractivity contribution in [2.45, 2.75) is 77.1 Å². The molecular formula is C13H6F22NO7S3-. The standard InChI is InChI=1S/C13H6F22NO7S3/c1-3(14,15)5(17,18)6(19,20)4(2,16)43-10(27,28)7(21,22)8(23,24)12(31,32)45(39,40)36-46(41,42)13(33,34)9(25,26)11(29,30)44(35,37)38/h1-2H3/q-1. The van der Waals surface area contributed by atoms with Crippen LogP contribution in [0.25, 0.3) is 4.13 Å². The van der Waals surface area contributed by atoms with Crippen molar-refractivity contribution in [3.8, 4) is 0 Å². The minimum atomic E-state index is -9.24. The van der Waals surface area contributed by atoms with Crippen molar-refractivity contribution in [3.63, 3.8) is 0 Å². The molecule has 0 aliphatic heterocycles. The van der Waals surface area contributed by atoms with Crippen molar-refractivity contribution < 1.29 is 126 Å². The number of alkyl halides is 21. The lowest BCUT2D eigenvalue weighted by Crippen LogP contribution is -2.69. The monoisotopic (exact) mass is 802 g/mol. The van der Waals surface area contributed by atoms with Gasteiger partial charge in [-0.15, -0.1) is 0 Å². The fraction of sp³-hybridized carbons (Fsp3) is 1.00. The van der Waals surface area contributed by atoms with Crippen LogP contribution < -0.4 is 0 Å². The van der Waals surface area contributed by atoms with E-state index in [4.69, 9.17) is 0 Å². The van der Waals surface area contributed by atoms with E-state index in [1.165, 1.54) is 0 Å². The van der Waals surface area contributed by atoms with Crippen molar-refractivity contribution in [1.82, 2.24) is 0 Å². The summed E-state index contributed by atoms with van der Waals surface area (Å²) >= 11 is 0. The van der Waals surface area contributed by atoms with Gasteiger partial charge in [-0.3, -0.25) is 4.74 Å². The Hall–Kier alpha value is -1.77. The third-order valence-corrected chi connectivity index (χ3v) is 9.08. The molecule has 0 spiro atoms. The van der Waals surface area contributed by atoms with E-state index >= 15 is 0 Å². The summed E-state index contributed by atoms with van der Waals surface area (Å²) in [7, 11) is -26.7. The van der Waals surface area contributed by atoms with Crippen LogP contribution in [-0.2, 0) is 35.0 Å². The SMILES string of the molecule is CC(F)(F)C(F)(F)C(F)(F)C(C)(F)OC(F)(F)C(F)(F)C(F)(F)C(F)(F)S(=O)(=O)[N-]S(=O)(=O)C(F)(F)C(F)(F)C(F)(F)S(=O)(=O)F. The van der Waals surface area contributed by atoms with Gasteiger partial charge in [0.2, 0.25) is 0 Å². The Kier molecular flexibility index (Phi) is 10.4. The first-order valence-electron chi connectivity index (χ1n) is 9.51. The Labute approximate surface area is 238 Å². The van der Waals surface area contributed by atoms with Crippen LogP contribution in [0.4, 0.5) is 96.1 Å².